The minimum Gasteiger partial charge on any atom is -0.361 e. The van der Waals surface area contributed by atoms with Crippen LogP contribution in [0.1, 0.15) is 39.7 Å². The highest BCUT2D eigenvalue weighted by atomic mass is 16.2. The second kappa shape index (κ2) is 9.61. The molecule has 31 heavy (non-hydrogen) atoms. The lowest BCUT2D eigenvalue weighted by Crippen LogP contribution is -2.47. The highest BCUT2D eigenvalue weighted by molar-refractivity contribution is 5.94. The number of benzene rings is 2. The van der Waals surface area contributed by atoms with Crippen LogP contribution in [-0.2, 0) is 16.0 Å². The van der Waals surface area contributed by atoms with Crippen molar-refractivity contribution in [1.82, 2.24) is 10.3 Å². The maximum absolute atomic E-state index is 12.8. The van der Waals surface area contributed by atoms with Crippen molar-refractivity contribution >= 4 is 28.3 Å². The fourth-order valence-corrected chi connectivity index (χ4v) is 3.72. The molecule has 0 aliphatic carbocycles. The van der Waals surface area contributed by atoms with E-state index in [4.69, 9.17) is 6.57 Å². The van der Waals surface area contributed by atoms with Crippen molar-refractivity contribution in [2.75, 3.05) is 0 Å². The Labute approximate surface area is 183 Å². The van der Waals surface area contributed by atoms with E-state index in [0.717, 1.165) is 34.0 Å². The van der Waals surface area contributed by atoms with Gasteiger partial charge in [-0.15, -0.1) is 0 Å². The fourth-order valence-electron chi connectivity index (χ4n) is 3.72. The smallest absolute Gasteiger partial charge is 0.225 e. The first-order chi connectivity index (χ1) is 14.8. The maximum atomic E-state index is 12.8. The van der Waals surface area contributed by atoms with Crippen molar-refractivity contribution < 1.29 is 9.59 Å². The van der Waals surface area contributed by atoms with Crippen LogP contribution in [-0.4, -0.2) is 22.7 Å². The van der Waals surface area contributed by atoms with Gasteiger partial charge in [-0.05, 0) is 34.7 Å². The molecular weight excluding hydrogens is 386 g/mol. The first-order valence-electron chi connectivity index (χ1n) is 10.7. The van der Waals surface area contributed by atoms with Gasteiger partial charge >= 0.3 is 0 Å². The topological polar surface area (TPSA) is 66.3 Å². The standard InChI is InChI=1S/C26H29N3O2/c1-6-17(4)25(26(31)16(2)3)29-24(30)14-20-15-28-23-12-9-19(13-22(20)23)18-7-10-21(27-5)11-8-18/h7-13,15-17,25,28H,6,14H2,1-4H3,(H,29,30)/t17-,25-/m0/s1. The predicted octanol–water partition coefficient (Wildman–Crippen LogP) is 5.68. The zero-order valence-corrected chi connectivity index (χ0v) is 18.5. The number of rotatable bonds is 8. The van der Waals surface area contributed by atoms with Gasteiger partial charge in [0, 0.05) is 23.0 Å². The lowest BCUT2D eigenvalue weighted by Gasteiger charge is -2.24. The van der Waals surface area contributed by atoms with Crippen molar-refractivity contribution in [2.24, 2.45) is 11.8 Å². The molecule has 160 valence electrons. The van der Waals surface area contributed by atoms with Crippen LogP contribution in [0.5, 0.6) is 0 Å². The summed E-state index contributed by atoms with van der Waals surface area (Å²) in [6, 6.07) is 13.1. The Morgan fingerprint density at radius 3 is 2.35 bits per heavy atom. The molecule has 2 N–H and O–H groups in total. The normalized spacial score (nSPS) is 13.0. The largest absolute Gasteiger partial charge is 0.361 e. The second-order valence-corrected chi connectivity index (χ2v) is 8.40. The van der Waals surface area contributed by atoms with Crippen LogP contribution in [0, 0.1) is 18.4 Å². The summed E-state index contributed by atoms with van der Waals surface area (Å²) in [7, 11) is 0. The molecule has 0 unspecified atom stereocenters. The molecule has 3 rings (SSSR count). The molecule has 1 amide bonds. The van der Waals surface area contributed by atoms with Crippen LogP contribution in [0.3, 0.4) is 0 Å². The first kappa shape index (κ1) is 22.3. The van der Waals surface area contributed by atoms with Crippen molar-refractivity contribution in [2.45, 2.75) is 46.6 Å². The van der Waals surface area contributed by atoms with Gasteiger partial charge in [0.25, 0.3) is 0 Å². The maximum Gasteiger partial charge on any atom is 0.225 e. The third kappa shape index (κ3) is 5.03. The van der Waals surface area contributed by atoms with Gasteiger partial charge in [0.1, 0.15) is 0 Å². The van der Waals surface area contributed by atoms with Gasteiger partial charge < -0.3 is 10.3 Å². The molecule has 1 aromatic heterocycles. The van der Waals surface area contributed by atoms with E-state index in [2.05, 4.69) is 21.2 Å². The summed E-state index contributed by atoms with van der Waals surface area (Å²) in [6.07, 6.45) is 2.89. The molecule has 1 heterocycles. The van der Waals surface area contributed by atoms with Crippen molar-refractivity contribution in [1.29, 1.82) is 0 Å². The number of hydrogen-bond donors (Lipinski definition) is 2. The quantitative estimate of drug-likeness (QED) is 0.465. The first-order valence-corrected chi connectivity index (χ1v) is 10.7. The molecule has 0 spiro atoms. The lowest BCUT2D eigenvalue weighted by molar-refractivity contribution is -0.130. The van der Waals surface area contributed by atoms with Gasteiger partial charge in [0.15, 0.2) is 11.5 Å². The van der Waals surface area contributed by atoms with Gasteiger partial charge in [-0.3, -0.25) is 9.59 Å². The molecule has 0 bridgehead atoms. The van der Waals surface area contributed by atoms with Crippen LogP contribution >= 0.6 is 0 Å². The number of carbonyl (C=O) groups excluding carboxylic acids is 2. The van der Waals surface area contributed by atoms with E-state index in [9.17, 15) is 9.59 Å². The van der Waals surface area contributed by atoms with E-state index < -0.39 is 6.04 Å². The number of ketones is 1. The highest BCUT2D eigenvalue weighted by Gasteiger charge is 2.27. The van der Waals surface area contributed by atoms with Gasteiger partial charge in [0.2, 0.25) is 5.91 Å². The summed E-state index contributed by atoms with van der Waals surface area (Å²) >= 11 is 0. The van der Waals surface area contributed by atoms with Crippen molar-refractivity contribution in [3.8, 4) is 11.1 Å². The average Bonchev–Trinajstić information content (AvgIpc) is 3.18. The van der Waals surface area contributed by atoms with E-state index in [1.165, 1.54) is 0 Å². The summed E-state index contributed by atoms with van der Waals surface area (Å²) in [4.78, 5) is 32.1. The Bertz CT molecular complexity index is 1120. The van der Waals surface area contributed by atoms with E-state index in [1.807, 2.05) is 58.2 Å². The number of H-pyrrole nitrogens is 1. The molecular formula is C26H29N3O2. The fraction of sp³-hybridized carbons (Fsp3) is 0.346. The minimum absolute atomic E-state index is 0.0757. The van der Waals surface area contributed by atoms with Gasteiger partial charge in [-0.25, -0.2) is 4.85 Å². The van der Waals surface area contributed by atoms with E-state index >= 15 is 0 Å². The van der Waals surface area contributed by atoms with Crippen LogP contribution in [0.2, 0.25) is 0 Å². The summed E-state index contributed by atoms with van der Waals surface area (Å²) in [5, 5.41) is 3.96. The van der Waals surface area contributed by atoms with Crippen LogP contribution < -0.4 is 5.32 Å². The Morgan fingerprint density at radius 1 is 1.06 bits per heavy atom. The van der Waals surface area contributed by atoms with Crippen LogP contribution in [0.25, 0.3) is 26.9 Å². The summed E-state index contributed by atoms with van der Waals surface area (Å²) in [5.41, 5.74) is 4.51. The van der Waals surface area contributed by atoms with E-state index in [-0.39, 0.29) is 29.9 Å². The highest BCUT2D eigenvalue weighted by Crippen LogP contribution is 2.28. The minimum atomic E-state index is -0.459. The van der Waals surface area contributed by atoms with Crippen molar-refractivity contribution in [3.63, 3.8) is 0 Å². The number of amides is 1. The molecule has 5 nitrogen and oxygen atoms in total. The van der Waals surface area contributed by atoms with E-state index in [1.54, 1.807) is 12.1 Å². The molecule has 0 aliphatic rings. The summed E-state index contributed by atoms with van der Waals surface area (Å²) in [6.45, 7) is 14.9. The summed E-state index contributed by atoms with van der Waals surface area (Å²) < 4.78 is 0. The third-order valence-corrected chi connectivity index (χ3v) is 5.85. The monoisotopic (exact) mass is 415 g/mol. The molecule has 0 fully saturated rings. The Kier molecular flexibility index (Phi) is 6.91. The number of fused-ring (bicyclic) bond motifs is 1. The molecule has 0 saturated heterocycles. The average molecular weight is 416 g/mol. The number of hydrogen-bond acceptors (Lipinski definition) is 2. The number of Topliss-reactive ketones (excluding diaryl/α,β-unsaturated/α-hetero) is 1. The Hall–Kier alpha value is -3.39. The number of carbonyl (C=O) groups is 2. The van der Waals surface area contributed by atoms with Gasteiger partial charge in [-0.2, -0.15) is 0 Å². The second-order valence-electron chi connectivity index (χ2n) is 8.40. The zero-order chi connectivity index (χ0) is 22.5. The molecule has 0 radical (unpaired) electrons. The van der Waals surface area contributed by atoms with Gasteiger partial charge in [-0.1, -0.05) is 64.4 Å². The van der Waals surface area contributed by atoms with Gasteiger partial charge in [0.05, 0.1) is 19.0 Å². The molecule has 2 atom stereocenters. The predicted molar refractivity (Wildman–Crippen MR) is 125 cm³/mol. The number of aromatic nitrogens is 1. The van der Waals surface area contributed by atoms with E-state index in [0.29, 0.717) is 5.69 Å². The molecule has 2 aromatic carbocycles. The summed E-state index contributed by atoms with van der Waals surface area (Å²) in [5.74, 6) is -0.102. The molecule has 0 saturated carbocycles. The molecule has 3 aromatic rings. The Balaban J connectivity index is 1.83. The Morgan fingerprint density at radius 2 is 1.74 bits per heavy atom. The number of nitrogens with zero attached hydrogens (tertiary/aromatic N) is 1. The van der Waals surface area contributed by atoms with Crippen LogP contribution in [0.4, 0.5) is 5.69 Å². The lowest BCUT2D eigenvalue weighted by atomic mass is 9.90. The number of nitrogens with one attached hydrogen (secondary N) is 2. The number of aromatic amines is 1. The SMILES string of the molecule is [C-]#[N+]c1ccc(-c2ccc3[nH]cc(CC(=O)N[C@H](C(=O)C(C)C)[C@@H](C)CC)c3c2)cc1. The van der Waals surface area contributed by atoms with Crippen molar-refractivity contribution in [3.05, 3.63) is 65.6 Å². The molecule has 5 heteroatoms. The third-order valence-electron chi connectivity index (χ3n) is 5.85. The van der Waals surface area contributed by atoms with Crippen LogP contribution in [0.15, 0.2) is 48.7 Å². The zero-order valence-electron chi connectivity index (χ0n) is 18.5. The molecule has 0 aliphatic heterocycles.